The first-order valence-electron chi connectivity index (χ1n) is 13.0. The van der Waals surface area contributed by atoms with Crippen LogP contribution in [0.4, 0.5) is 0 Å². The van der Waals surface area contributed by atoms with Crippen LogP contribution >= 0.6 is 0 Å². The van der Waals surface area contributed by atoms with E-state index in [1.54, 1.807) is 0 Å². The zero-order valence-corrected chi connectivity index (χ0v) is 25.2. The van der Waals surface area contributed by atoms with Crippen molar-refractivity contribution < 1.29 is 23.5 Å². The summed E-state index contributed by atoms with van der Waals surface area (Å²) in [5, 5.41) is 13.4. The highest BCUT2D eigenvalue weighted by Gasteiger charge is 2.51. The number of hydrogen-bond donors (Lipinski definition) is 1. The van der Waals surface area contributed by atoms with Crippen LogP contribution in [-0.4, -0.2) is 52.6 Å². The summed E-state index contributed by atoms with van der Waals surface area (Å²) in [7, 11) is -4.82. The highest BCUT2D eigenvalue weighted by Crippen LogP contribution is 2.40. The maximum atomic E-state index is 12.2. The summed E-state index contributed by atoms with van der Waals surface area (Å²) in [6, 6.07) is 20.9. The van der Waals surface area contributed by atoms with Crippen LogP contribution in [0.3, 0.4) is 0 Å². The molecule has 0 spiro atoms. The minimum absolute atomic E-state index is 0.000526. The molecule has 36 heavy (non-hydrogen) atoms. The molecule has 1 saturated heterocycles. The zero-order chi connectivity index (χ0) is 26.8. The molecule has 5 nitrogen and oxygen atoms in total. The molecule has 1 heterocycles. The van der Waals surface area contributed by atoms with Gasteiger partial charge >= 0.3 is 5.97 Å². The van der Waals surface area contributed by atoms with Gasteiger partial charge in [0.2, 0.25) is 0 Å². The van der Waals surface area contributed by atoms with Crippen LogP contribution in [0.15, 0.2) is 60.7 Å². The number of aliphatic hydroxyl groups excluding tert-OH is 1. The maximum absolute atomic E-state index is 12.2. The molecule has 0 radical (unpaired) electrons. The molecule has 0 saturated carbocycles. The number of aliphatic hydroxyl groups is 1. The van der Waals surface area contributed by atoms with Crippen LogP contribution in [0.5, 0.6) is 0 Å². The second-order valence-electron chi connectivity index (χ2n) is 12.4. The summed E-state index contributed by atoms with van der Waals surface area (Å²) in [4.78, 5) is 12.2. The van der Waals surface area contributed by atoms with Crippen LogP contribution in [0, 0.1) is 0 Å². The Morgan fingerprint density at radius 1 is 0.917 bits per heavy atom. The van der Waals surface area contributed by atoms with Gasteiger partial charge in [0, 0.05) is 6.61 Å². The van der Waals surface area contributed by atoms with Crippen molar-refractivity contribution in [1.29, 1.82) is 0 Å². The lowest BCUT2D eigenvalue weighted by Crippen LogP contribution is -2.66. The molecular weight excluding hydrogens is 484 g/mol. The lowest BCUT2D eigenvalue weighted by atomic mass is 10.1. The predicted molar refractivity (Wildman–Crippen MR) is 151 cm³/mol. The van der Waals surface area contributed by atoms with Crippen molar-refractivity contribution in [3.05, 3.63) is 60.7 Å². The Hall–Kier alpha value is -1.78. The summed E-state index contributed by atoms with van der Waals surface area (Å²) < 4.78 is 19.0. The number of esters is 1. The van der Waals surface area contributed by atoms with E-state index in [4.69, 9.17) is 13.6 Å². The van der Waals surface area contributed by atoms with Gasteiger partial charge in [-0.05, 0) is 40.0 Å². The molecule has 1 aliphatic heterocycles. The van der Waals surface area contributed by atoms with Gasteiger partial charge in [0.15, 0.2) is 14.4 Å². The first-order valence-corrected chi connectivity index (χ1v) is 17.8. The van der Waals surface area contributed by atoms with E-state index in [1.165, 1.54) is 10.4 Å². The van der Waals surface area contributed by atoms with Crippen molar-refractivity contribution in [1.82, 2.24) is 0 Å². The lowest BCUT2D eigenvalue weighted by molar-refractivity contribution is -0.146. The fourth-order valence-corrected chi connectivity index (χ4v) is 10.7. The normalized spacial score (nSPS) is 20.3. The molecule has 0 amide bonds. The molecule has 0 unspecified atom stereocenters. The number of hydrogen-bond acceptors (Lipinski definition) is 5. The van der Waals surface area contributed by atoms with Gasteiger partial charge in [-0.15, -0.1) is 0 Å². The molecule has 7 heteroatoms. The third kappa shape index (κ3) is 6.02. The second kappa shape index (κ2) is 10.9. The third-order valence-corrected chi connectivity index (χ3v) is 17.3. The smallest absolute Gasteiger partial charge is 0.308 e. The van der Waals surface area contributed by atoms with E-state index in [-0.39, 0.29) is 22.5 Å². The molecule has 3 rings (SSSR count). The summed E-state index contributed by atoms with van der Waals surface area (Å²) in [6.45, 7) is 17.9. The Morgan fingerprint density at radius 3 is 1.86 bits per heavy atom. The first kappa shape index (κ1) is 28.8. The Balaban J connectivity index is 1.82. The number of ether oxygens (including phenoxy) is 1. The van der Waals surface area contributed by atoms with Gasteiger partial charge in [-0.3, -0.25) is 4.79 Å². The molecule has 198 valence electrons. The van der Waals surface area contributed by atoms with Crippen LogP contribution < -0.4 is 10.4 Å². The van der Waals surface area contributed by atoms with Crippen molar-refractivity contribution >= 4 is 33.0 Å². The second-order valence-corrected chi connectivity index (χ2v) is 21.5. The average Bonchev–Trinajstić information content (AvgIpc) is 3.15. The van der Waals surface area contributed by atoms with Gasteiger partial charge in [0.25, 0.3) is 8.32 Å². The van der Waals surface area contributed by atoms with E-state index in [9.17, 15) is 9.90 Å². The lowest BCUT2D eigenvalue weighted by Gasteiger charge is -2.43. The fourth-order valence-electron chi connectivity index (χ4n) is 4.81. The number of carbonyl (C=O) groups is 1. The topological polar surface area (TPSA) is 65.0 Å². The van der Waals surface area contributed by atoms with Crippen molar-refractivity contribution in [2.45, 2.75) is 95.9 Å². The van der Waals surface area contributed by atoms with Crippen LogP contribution in [0.1, 0.15) is 54.4 Å². The molecule has 1 N–H and O–H groups in total. The Bertz CT molecular complexity index is 956. The van der Waals surface area contributed by atoms with E-state index in [2.05, 4.69) is 103 Å². The highest BCUT2D eigenvalue weighted by molar-refractivity contribution is 6.99. The first-order chi connectivity index (χ1) is 16.7. The standard InChI is InChI=1S/C29H44O5Si2/c1-28(2,3)35(7,8)34-25-21-26(31)33-27(25)24(30)19-20-32-36(29(4,5)6,22-15-11-9-12-16-22)23-17-13-10-14-18-23/h9-18,24-25,27,30H,19-21H2,1-8H3/t24-,25+,27-/m1/s1. The minimum atomic E-state index is -2.69. The number of cyclic esters (lactones) is 1. The van der Waals surface area contributed by atoms with Crippen LogP contribution in [0.2, 0.25) is 23.2 Å². The Labute approximate surface area is 219 Å². The van der Waals surface area contributed by atoms with Crippen molar-refractivity contribution in [3.63, 3.8) is 0 Å². The summed E-state index contributed by atoms with van der Waals surface area (Å²) >= 11 is 0. The number of rotatable bonds is 9. The van der Waals surface area contributed by atoms with E-state index >= 15 is 0 Å². The van der Waals surface area contributed by atoms with Gasteiger partial charge in [0.05, 0.1) is 18.6 Å². The molecule has 1 aliphatic rings. The molecule has 2 aromatic rings. The number of benzene rings is 2. The zero-order valence-electron chi connectivity index (χ0n) is 23.2. The third-order valence-electron chi connectivity index (χ3n) is 7.78. The van der Waals surface area contributed by atoms with E-state index in [0.29, 0.717) is 13.0 Å². The SMILES string of the molecule is CC(C)(C)[Si](C)(C)O[C@H]1CC(=O)O[C@@H]1[C@H](O)CCO[Si](c1ccccc1)(c1ccccc1)C(C)(C)C. The van der Waals surface area contributed by atoms with Crippen LogP contribution in [0.25, 0.3) is 0 Å². The largest absolute Gasteiger partial charge is 0.457 e. The summed E-state index contributed by atoms with van der Waals surface area (Å²) in [6.07, 6.45) is -1.41. The molecule has 0 aliphatic carbocycles. The highest BCUT2D eigenvalue weighted by atomic mass is 28.4. The van der Waals surface area contributed by atoms with Crippen molar-refractivity contribution in [3.8, 4) is 0 Å². The van der Waals surface area contributed by atoms with E-state index < -0.39 is 34.9 Å². The fraction of sp³-hybridized carbons (Fsp3) is 0.552. The van der Waals surface area contributed by atoms with Gasteiger partial charge in [-0.1, -0.05) is 102 Å². The predicted octanol–water partition coefficient (Wildman–Crippen LogP) is 5.02. The van der Waals surface area contributed by atoms with Gasteiger partial charge in [0.1, 0.15) is 0 Å². The Kier molecular flexibility index (Phi) is 8.73. The van der Waals surface area contributed by atoms with Gasteiger partial charge in [-0.25, -0.2) is 0 Å². The van der Waals surface area contributed by atoms with Crippen LogP contribution in [-0.2, 0) is 18.4 Å². The molecule has 1 fully saturated rings. The summed E-state index contributed by atoms with van der Waals surface area (Å²) in [5.41, 5.74) is 0. The average molecular weight is 529 g/mol. The minimum Gasteiger partial charge on any atom is -0.457 e. The van der Waals surface area contributed by atoms with Crippen molar-refractivity contribution in [2.24, 2.45) is 0 Å². The number of carbonyl (C=O) groups excluding carboxylic acids is 1. The van der Waals surface area contributed by atoms with E-state index in [1.807, 2.05) is 12.1 Å². The Morgan fingerprint density at radius 2 is 1.42 bits per heavy atom. The molecule has 3 atom stereocenters. The summed E-state index contributed by atoms with van der Waals surface area (Å²) in [5.74, 6) is -0.310. The molecule has 0 aromatic heterocycles. The van der Waals surface area contributed by atoms with Gasteiger partial charge < -0.3 is 18.7 Å². The molecule has 2 aromatic carbocycles. The monoisotopic (exact) mass is 528 g/mol. The van der Waals surface area contributed by atoms with E-state index in [0.717, 1.165) is 0 Å². The molecular formula is C29H44O5Si2. The molecule has 0 bridgehead atoms. The van der Waals surface area contributed by atoms with Crippen molar-refractivity contribution in [2.75, 3.05) is 6.61 Å². The van der Waals surface area contributed by atoms with Gasteiger partial charge in [-0.2, -0.15) is 0 Å². The quantitative estimate of drug-likeness (QED) is 0.366. The maximum Gasteiger partial charge on any atom is 0.308 e.